The Labute approximate surface area is 140 Å². The topological polar surface area (TPSA) is 41.5 Å². The van der Waals surface area contributed by atoms with E-state index in [1.807, 2.05) is 24.3 Å². The smallest absolute Gasteiger partial charge is 0.267 e. The second-order valence-corrected chi connectivity index (χ2v) is 5.83. The van der Waals surface area contributed by atoms with Crippen LogP contribution in [0, 0.1) is 3.57 Å². The SMILES string of the molecule is O=C(NN=Cc1ccccc1I)c1ccc(Cl)c(Cl)c1. The van der Waals surface area contributed by atoms with Gasteiger partial charge in [-0.25, -0.2) is 5.43 Å². The molecule has 0 aromatic heterocycles. The van der Waals surface area contributed by atoms with Crippen LogP contribution in [-0.4, -0.2) is 12.1 Å². The average molecular weight is 419 g/mol. The second kappa shape index (κ2) is 7.06. The third-order valence-electron chi connectivity index (χ3n) is 2.46. The summed E-state index contributed by atoms with van der Waals surface area (Å²) in [6.07, 6.45) is 1.59. The molecule has 0 atom stereocenters. The van der Waals surface area contributed by atoms with E-state index in [1.54, 1.807) is 18.3 Å². The van der Waals surface area contributed by atoms with Crippen molar-refractivity contribution in [2.75, 3.05) is 0 Å². The third kappa shape index (κ3) is 3.94. The van der Waals surface area contributed by atoms with Crippen LogP contribution in [0.2, 0.25) is 10.0 Å². The second-order valence-electron chi connectivity index (χ2n) is 3.85. The van der Waals surface area contributed by atoms with E-state index in [0.717, 1.165) is 9.13 Å². The molecule has 0 unspecified atom stereocenters. The Hall–Kier alpha value is -1.11. The molecule has 0 spiro atoms. The molecule has 0 saturated carbocycles. The van der Waals surface area contributed by atoms with Crippen LogP contribution in [0.3, 0.4) is 0 Å². The maximum atomic E-state index is 11.9. The van der Waals surface area contributed by atoms with Crippen molar-refractivity contribution in [1.29, 1.82) is 0 Å². The van der Waals surface area contributed by atoms with Gasteiger partial charge in [-0.15, -0.1) is 0 Å². The number of hydrogen-bond donors (Lipinski definition) is 1. The molecule has 0 radical (unpaired) electrons. The van der Waals surface area contributed by atoms with Crippen molar-refractivity contribution in [2.24, 2.45) is 5.10 Å². The molecule has 0 aliphatic carbocycles. The van der Waals surface area contributed by atoms with Gasteiger partial charge in [0.25, 0.3) is 5.91 Å². The van der Waals surface area contributed by atoms with Gasteiger partial charge in [-0.1, -0.05) is 41.4 Å². The fourth-order valence-electron chi connectivity index (χ4n) is 1.44. The summed E-state index contributed by atoms with van der Waals surface area (Å²) in [6, 6.07) is 12.4. The summed E-state index contributed by atoms with van der Waals surface area (Å²) < 4.78 is 1.05. The summed E-state index contributed by atoms with van der Waals surface area (Å²) in [6.45, 7) is 0. The molecule has 0 bridgehead atoms. The fourth-order valence-corrected chi connectivity index (χ4v) is 2.27. The number of hydrogen-bond acceptors (Lipinski definition) is 2. The zero-order valence-electron chi connectivity index (χ0n) is 10.1. The van der Waals surface area contributed by atoms with Gasteiger partial charge < -0.3 is 0 Å². The Balaban J connectivity index is 2.05. The number of nitrogens with one attached hydrogen (secondary N) is 1. The van der Waals surface area contributed by atoms with Gasteiger partial charge >= 0.3 is 0 Å². The van der Waals surface area contributed by atoms with Crippen LogP contribution in [0.4, 0.5) is 0 Å². The molecule has 0 aliphatic heterocycles. The van der Waals surface area contributed by atoms with Gasteiger partial charge in [0.15, 0.2) is 0 Å². The highest BCUT2D eigenvalue weighted by molar-refractivity contribution is 14.1. The number of amides is 1. The Morgan fingerprint density at radius 1 is 1.15 bits per heavy atom. The molecule has 0 saturated heterocycles. The van der Waals surface area contributed by atoms with Gasteiger partial charge in [0.1, 0.15) is 0 Å². The molecule has 1 N–H and O–H groups in total. The standard InChI is InChI=1S/C14H9Cl2IN2O/c15-11-6-5-9(7-12(11)16)14(20)19-18-8-10-3-1-2-4-13(10)17/h1-8H,(H,19,20). The highest BCUT2D eigenvalue weighted by Gasteiger charge is 2.06. The normalized spacial score (nSPS) is 10.8. The third-order valence-corrected chi connectivity index (χ3v) is 4.18. The number of carbonyl (C=O) groups is 1. The number of benzene rings is 2. The minimum Gasteiger partial charge on any atom is -0.267 e. The monoisotopic (exact) mass is 418 g/mol. The zero-order chi connectivity index (χ0) is 14.5. The van der Waals surface area contributed by atoms with Crippen LogP contribution in [0.25, 0.3) is 0 Å². The maximum Gasteiger partial charge on any atom is 0.271 e. The summed E-state index contributed by atoms with van der Waals surface area (Å²) in [5.74, 6) is -0.342. The Kier molecular flexibility index (Phi) is 5.39. The number of halogens is 3. The fraction of sp³-hybridized carbons (Fsp3) is 0. The largest absolute Gasteiger partial charge is 0.271 e. The van der Waals surface area contributed by atoms with Gasteiger partial charge in [0, 0.05) is 14.7 Å². The molecule has 6 heteroatoms. The lowest BCUT2D eigenvalue weighted by Crippen LogP contribution is -2.17. The first kappa shape index (κ1) is 15.3. The molecule has 102 valence electrons. The average Bonchev–Trinajstić information content (AvgIpc) is 2.44. The first-order valence-electron chi connectivity index (χ1n) is 5.61. The molecule has 1 amide bonds. The summed E-state index contributed by atoms with van der Waals surface area (Å²) >= 11 is 13.9. The molecule has 2 aromatic carbocycles. The lowest BCUT2D eigenvalue weighted by atomic mass is 10.2. The van der Waals surface area contributed by atoms with Crippen molar-refractivity contribution in [3.63, 3.8) is 0 Å². The molecule has 3 nitrogen and oxygen atoms in total. The van der Waals surface area contributed by atoms with E-state index in [2.05, 4.69) is 33.1 Å². The van der Waals surface area contributed by atoms with Crippen LogP contribution in [0.1, 0.15) is 15.9 Å². The highest BCUT2D eigenvalue weighted by Crippen LogP contribution is 2.22. The van der Waals surface area contributed by atoms with Crippen molar-refractivity contribution in [2.45, 2.75) is 0 Å². The van der Waals surface area contributed by atoms with Crippen LogP contribution in [0.5, 0.6) is 0 Å². The Bertz CT molecular complexity index is 674. The summed E-state index contributed by atoms with van der Waals surface area (Å²) in [5, 5.41) is 4.67. The first-order valence-corrected chi connectivity index (χ1v) is 7.44. The van der Waals surface area contributed by atoms with E-state index in [4.69, 9.17) is 23.2 Å². The lowest BCUT2D eigenvalue weighted by Gasteiger charge is -2.02. The molecule has 2 rings (SSSR count). The van der Waals surface area contributed by atoms with Crippen LogP contribution >= 0.6 is 45.8 Å². The molecule has 0 fully saturated rings. The molecular weight excluding hydrogens is 410 g/mol. The van der Waals surface area contributed by atoms with Crippen molar-refractivity contribution >= 4 is 57.9 Å². The number of nitrogens with zero attached hydrogens (tertiary/aromatic N) is 1. The molecule has 0 aliphatic rings. The highest BCUT2D eigenvalue weighted by atomic mass is 127. The van der Waals surface area contributed by atoms with Crippen LogP contribution < -0.4 is 5.43 Å². The van der Waals surface area contributed by atoms with E-state index in [1.165, 1.54) is 6.07 Å². The lowest BCUT2D eigenvalue weighted by molar-refractivity contribution is 0.0955. The number of rotatable bonds is 3. The van der Waals surface area contributed by atoms with Gasteiger partial charge in [-0.05, 0) is 46.9 Å². The van der Waals surface area contributed by atoms with Crippen molar-refractivity contribution in [3.8, 4) is 0 Å². The quantitative estimate of drug-likeness (QED) is 0.449. The van der Waals surface area contributed by atoms with E-state index in [9.17, 15) is 4.79 Å². The maximum absolute atomic E-state index is 11.9. The minimum atomic E-state index is -0.342. The van der Waals surface area contributed by atoms with E-state index < -0.39 is 0 Å². The first-order chi connectivity index (χ1) is 9.58. The Morgan fingerprint density at radius 3 is 2.60 bits per heavy atom. The predicted molar refractivity (Wildman–Crippen MR) is 90.7 cm³/mol. The number of hydrazone groups is 1. The summed E-state index contributed by atoms with van der Waals surface area (Å²) in [5.41, 5.74) is 3.78. The van der Waals surface area contributed by atoms with Crippen molar-refractivity contribution in [3.05, 3.63) is 67.2 Å². The van der Waals surface area contributed by atoms with Crippen LogP contribution in [0.15, 0.2) is 47.6 Å². The predicted octanol–water partition coefficient (Wildman–Crippen LogP) is 4.36. The number of carbonyl (C=O) groups excluding carboxylic acids is 1. The summed E-state index contributed by atoms with van der Waals surface area (Å²) in [7, 11) is 0. The Morgan fingerprint density at radius 2 is 1.90 bits per heavy atom. The molecule has 0 heterocycles. The molecule has 2 aromatic rings. The van der Waals surface area contributed by atoms with Gasteiger partial charge in [-0.3, -0.25) is 4.79 Å². The zero-order valence-corrected chi connectivity index (χ0v) is 13.8. The van der Waals surface area contributed by atoms with Gasteiger partial charge in [0.2, 0.25) is 0 Å². The van der Waals surface area contributed by atoms with Crippen molar-refractivity contribution < 1.29 is 4.79 Å². The minimum absolute atomic E-state index is 0.334. The van der Waals surface area contributed by atoms with Gasteiger partial charge in [0.05, 0.1) is 16.3 Å². The van der Waals surface area contributed by atoms with Gasteiger partial charge in [-0.2, -0.15) is 5.10 Å². The van der Waals surface area contributed by atoms with Crippen molar-refractivity contribution in [1.82, 2.24) is 5.43 Å². The summed E-state index contributed by atoms with van der Waals surface area (Å²) in [4.78, 5) is 11.9. The molecular formula is C14H9Cl2IN2O. The van der Waals surface area contributed by atoms with E-state index >= 15 is 0 Å². The van der Waals surface area contributed by atoms with E-state index in [0.29, 0.717) is 15.6 Å². The molecule has 20 heavy (non-hydrogen) atoms. The van der Waals surface area contributed by atoms with E-state index in [-0.39, 0.29) is 5.91 Å². The van der Waals surface area contributed by atoms with Crippen LogP contribution in [-0.2, 0) is 0 Å².